The Balaban J connectivity index is 1.63. The number of aromatic nitrogens is 3. The third kappa shape index (κ3) is 4.88. The van der Waals surface area contributed by atoms with Crippen molar-refractivity contribution in [2.75, 3.05) is 6.61 Å². The van der Waals surface area contributed by atoms with Crippen LogP contribution in [-0.2, 0) is 11.0 Å². The summed E-state index contributed by atoms with van der Waals surface area (Å²) in [7, 11) is 0. The second-order valence-electron chi connectivity index (χ2n) is 7.23. The van der Waals surface area contributed by atoms with Crippen molar-refractivity contribution < 1.29 is 37.0 Å². The molecule has 0 atom stereocenters. The third-order valence-corrected chi connectivity index (χ3v) is 4.95. The van der Waals surface area contributed by atoms with Gasteiger partial charge in [-0.25, -0.2) is 14.8 Å². The largest absolute Gasteiger partial charge is 0.481 e. The van der Waals surface area contributed by atoms with Crippen LogP contribution < -0.4 is 9.47 Å². The zero-order valence-corrected chi connectivity index (χ0v) is 18.4. The number of hydrogen-bond donors (Lipinski definition) is 1. The summed E-state index contributed by atoms with van der Waals surface area (Å²) in [5, 5.41) is 8.77. The topological polar surface area (TPSA) is 108 Å². The first-order valence-electron chi connectivity index (χ1n) is 9.65. The van der Waals surface area contributed by atoms with Crippen molar-refractivity contribution in [2.45, 2.75) is 20.0 Å². The average molecular weight is 494 g/mol. The summed E-state index contributed by atoms with van der Waals surface area (Å²) in [5.41, 5.74) is 1.33. The molecule has 0 radical (unpaired) electrons. The van der Waals surface area contributed by atoms with E-state index < -0.39 is 24.3 Å². The fourth-order valence-electron chi connectivity index (χ4n) is 3.18. The van der Waals surface area contributed by atoms with Crippen molar-refractivity contribution in [3.63, 3.8) is 0 Å². The minimum absolute atomic E-state index is 0.0459. The Hall–Kier alpha value is -3.86. The number of alkyl halides is 3. The molecule has 0 amide bonds. The highest BCUT2D eigenvalue weighted by Gasteiger charge is 2.31. The molecule has 0 bridgehead atoms. The minimum Gasteiger partial charge on any atom is -0.481 e. The lowest BCUT2D eigenvalue weighted by atomic mass is 10.1. The van der Waals surface area contributed by atoms with Crippen LogP contribution in [0.25, 0.3) is 22.7 Å². The fourth-order valence-corrected chi connectivity index (χ4v) is 3.34. The van der Waals surface area contributed by atoms with E-state index in [2.05, 4.69) is 15.0 Å². The van der Waals surface area contributed by atoms with E-state index in [4.69, 9.17) is 30.6 Å². The van der Waals surface area contributed by atoms with E-state index in [0.29, 0.717) is 28.0 Å². The number of carbonyl (C=O) groups is 1. The van der Waals surface area contributed by atoms with E-state index >= 15 is 0 Å². The van der Waals surface area contributed by atoms with Crippen molar-refractivity contribution in [3.05, 3.63) is 58.2 Å². The summed E-state index contributed by atoms with van der Waals surface area (Å²) in [6.45, 7) is 3.03. The van der Waals surface area contributed by atoms with E-state index in [1.165, 1.54) is 6.20 Å². The van der Waals surface area contributed by atoms with Crippen molar-refractivity contribution in [1.82, 2.24) is 15.0 Å². The standard InChI is InChI=1S/C22H15ClF3N3O5/c1-10-5-12(6-11(2)18(10)32-9-17(30)31)19-28-15-8-27-21(29-20(15)34-19)33-16-7-13(22(24,25)26)3-4-14(16)23/h3-8H,9H2,1-2H3,(H,30,31). The molecule has 0 aliphatic heterocycles. The van der Waals surface area contributed by atoms with Gasteiger partial charge in [-0.3, -0.25) is 0 Å². The molecule has 2 aromatic heterocycles. The van der Waals surface area contributed by atoms with Gasteiger partial charge in [-0.05, 0) is 55.3 Å². The molecule has 0 fully saturated rings. The van der Waals surface area contributed by atoms with Crippen LogP contribution in [0.5, 0.6) is 17.5 Å². The molecule has 8 nitrogen and oxygen atoms in total. The van der Waals surface area contributed by atoms with Crippen molar-refractivity contribution >= 4 is 28.8 Å². The number of benzene rings is 2. The lowest BCUT2D eigenvalue weighted by molar-refractivity contribution is -0.139. The summed E-state index contributed by atoms with van der Waals surface area (Å²) < 4.78 is 55.3. The van der Waals surface area contributed by atoms with Crippen molar-refractivity contribution in [3.8, 4) is 29.0 Å². The Morgan fingerprint density at radius 1 is 1.15 bits per heavy atom. The summed E-state index contributed by atoms with van der Waals surface area (Å²) in [6, 6.07) is 5.80. The van der Waals surface area contributed by atoms with Crippen molar-refractivity contribution in [2.24, 2.45) is 0 Å². The van der Waals surface area contributed by atoms with Crippen LogP contribution in [0.2, 0.25) is 5.02 Å². The highest BCUT2D eigenvalue weighted by atomic mass is 35.5. The van der Waals surface area contributed by atoms with Gasteiger partial charge in [0.05, 0.1) is 16.8 Å². The van der Waals surface area contributed by atoms with Gasteiger partial charge in [0.25, 0.3) is 5.71 Å². The van der Waals surface area contributed by atoms with E-state index in [1.54, 1.807) is 26.0 Å². The smallest absolute Gasteiger partial charge is 0.416 e. The molecule has 2 heterocycles. The highest BCUT2D eigenvalue weighted by molar-refractivity contribution is 6.32. The Kier molecular flexibility index (Phi) is 6.05. The van der Waals surface area contributed by atoms with Gasteiger partial charge >= 0.3 is 18.2 Å². The molecular weight excluding hydrogens is 479 g/mol. The predicted octanol–water partition coefficient (Wildman–Crippen LogP) is 5.83. The highest BCUT2D eigenvalue weighted by Crippen LogP contribution is 2.37. The lowest BCUT2D eigenvalue weighted by Gasteiger charge is -2.11. The van der Waals surface area contributed by atoms with Crippen LogP contribution in [0.1, 0.15) is 16.7 Å². The van der Waals surface area contributed by atoms with Gasteiger partial charge in [0.1, 0.15) is 17.0 Å². The van der Waals surface area contributed by atoms with Crippen LogP contribution in [0, 0.1) is 13.8 Å². The Morgan fingerprint density at radius 2 is 1.85 bits per heavy atom. The van der Waals surface area contributed by atoms with Gasteiger partial charge in [-0.15, -0.1) is 0 Å². The molecule has 176 valence electrons. The molecule has 0 unspecified atom stereocenters. The van der Waals surface area contributed by atoms with Gasteiger partial charge in [-0.1, -0.05) is 11.6 Å². The van der Waals surface area contributed by atoms with E-state index in [9.17, 15) is 18.0 Å². The van der Waals surface area contributed by atoms with E-state index in [0.717, 1.165) is 18.2 Å². The second kappa shape index (κ2) is 8.82. The maximum Gasteiger partial charge on any atom is 0.416 e. The maximum absolute atomic E-state index is 13.0. The lowest BCUT2D eigenvalue weighted by Crippen LogP contribution is -2.10. The molecule has 34 heavy (non-hydrogen) atoms. The number of aliphatic carboxylic acids is 1. The summed E-state index contributed by atoms with van der Waals surface area (Å²) in [6.07, 6.45) is -3.27. The number of nitrogens with zero attached hydrogens (tertiary/aromatic N) is 3. The number of halogens is 4. The normalized spacial score (nSPS) is 11.6. The Labute approximate surface area is 194 Å². The molecule has 2 aromatic carbocycles. The second-order valence-corrected chi connectivity index (χ2v) is 7.64. The SMILES string of the molecule is Cc1cc(-c2nc3cnc(Oc4cc(C(F)(F)F)ccc4Cl)nc3o2)cc(C)c1OCC(=O)O. The molecule has 0 aliphatic carbocycles. The molecule has 0 saturated carbocycles. The molecule has 1 N–H and O–H groups in total. The van der Waals surface area contributed by atoms with Crippen molar-refractivity contribution in [1.29, 1.82) is 0 Å². The van der Waals surface area contributed by atoms with Gasteiger partial charge < -0.3 is 19.0 Å². The number of rotatable bonds is 6. The van der Waals surface area contributed by atoms with Crippen LogP contribution in [0.4, 0.5) is 13.2 Å². The molecule has 0 saturated heterocycles. The Morgan fingerprint density at radius 3 is 2.50 bits per heavy atom. The van der Waals surface area contributed by atoms with Gasteiger partial charge in [0.2, 0.25) is 5.89 Å². The zero-order chi connectivity index (χ0) is 24.6. The first-order chi connectivity index (χ1) is 16.0. The third-order valence-electron chi connectivity index (χ3n) is 4.64. The summed E-state index contributed by atoms with van der Waals surface area (Å²) in [5.74, 6) is -0.714. The van der Waals surface area contributed by atoms with E-state index in [1.807, 2.05) is 0 Å². The fraction of sp³-hybridized carbons (Fsp3) is 0.182. The Bertz CT molecular complexity index is 1380. The molecule has 4 rings (SSSR count). The molecule has 0 aliphatic rings. The number of oxazole rings is 1. The molecular formula is C22H15ClF3N3O5. The van der Waals surface area contributed by atoms with Crippen LogP contribution in [0.3, 0.4) is 0 Å². The minimum atomic E-state index is -4.57. The summed E-state index contributed by atoms with van der Waals surface area (Å²) >= 11 is 5.95. The number of fused-ring (bicyclic) bond motifs is 1. The molecule has 12 heteroatoms. The quantitative estimate of drug-likeness (QED) is 0.357. The first-order valence-corrected chi connectivity index (χ1v) is 10.0. The first kappa shape index (κ1) is 23.3. The van der Waals surface area contributed by atoms with Crippen LogP contribution in [-0.4, -0.2) is 32.6 Å². The zero-order valence-electron chi connectivity index (χ0n) is 17.6. The van der Waals surface area contributed by atoms with Gasteiger partial charge in [-0.2, -0.15) is 18.2 Å². The summed E-state index contributed by atoms with van der Waals surface area (Å²) in [4.78, 5) is 23.1. The number of hydrogen-bond acceptors (Lipinski definition) is 7. The number of carboxylic acid groups (broad SMARTS) is 1. The number of ether oxygens (including phenoxy) is 2. The van der Waals surface area contributed by atoms with E-state index in [-0.39, 0.29) is 28.4 Å². The molecule has 0 spiro atoms. The van der Waals surface area contributed by atoms with Gasteiger partial charge in [0, 0.05) is 5.56 Å². The van der Waals surface area contributed by atoms with Crippen LogP contribution in [0.15, 0.2) is 40.9 Å². The monoisotopic (exact) mass is 493 g/mol. The molecule has 4 aromatic rings. The van der Waals surface area contributed by atoms with Gasteiger partial charge in [0.15, 0.2) is 6.61 Å². The number of aryl methyl sites for hydroxylation is 2. The maximum atomic E-state index is 13.0. The predicted molar refractivity (Wildman–Crippen MR) is 114 cm³/mol. The average Bonchev–Trinajstić information content (AvgIpc) is 3.17. The van der Waals surface area contributed by atoms with Crippen LogP contribution >= 0.6 is 11.6 Å². The number of carboxylic acids is 1.